The molecule has 4 aromatic rings. The second-order valence-electron chi connectivity index (χ2n) is 11.2. The van der Waals surface area contributed by atoms with Crippen molar-refractivity contribution in [2.24, 2.45) is 5.92 Å². The monoisotopic (exact) mass is 605 g/mol. The molecule has 3 heterocycles. The number of methoxy groups -OCH3 is 1. The molecule has 0 amide bonds. The minimum Gasteiger partial charge on any atom is -0.467 e. The number of rotatable bonds is 11. The van der Waals surface area contributed by atoms with Crippen LogP contribution >= 0.6 is 11.6 Å². The summed E-state index contributed by atoms with van der Waals surface area (Å²) in [5, 5.41) is 9.45. The van der Waals surface area contributed by atoms with Crippen molar-refractivity contribution in [3.8, 4) is 28.3 Å². The Morgan fingerprint density at radius 2 is 1.81 bits per heavy atom. The van der Waals surface area contributed by atoms with Crippen molar-refractivity contribution < 1.29 is 28.8 Å². The molecule has 0 radical (unpaired) electrons. The molecule has 0 saturated carbocycles. The number of H-pyrrole nitrogens is 1. The van der Waals surface area contributed by atoms with Gasteiger partial charge in [-0.2, -0.15) is 4.98 Å². The zero-order chi connectivity index (χ0) is 29.8. The number of aliphatic hydroxyl groups excluding tert-OH is 1. The average Bonchev–Trinajstić information content (AvgIpc) is 3.40. The summed E-state index contributed by atoms with van der Waals surface area (Å²) in [6.07, 6.45) is 0.234. The number of halogens is 1. The molecule has 1 aromatic heterocycles. The number of carbonyl (C=O) groups excluding carboxylic acids is 1. The van der Waals surface area contributed by atoms with Crippen molar-refractivity contribution in [3.05, 3.63) is 71.2 Å². The van der Waals surface area contributed by atoms with Gasteiger partial charge >= 0.3 is 5.97 Å². The lowest BCUT2D eigenvalue weighted by Crippen LogP contribution is -2.48. The molecule has 9 nitrogen and oxygen atoms in total. The quantitative estimate of drug-likeness (QED) is 0.180. The van der Waals surface area contributed by atoms with Gasteiger partial charge in [0.25, 0.3) is 6.01 Å². The van der Waals surface area contributed by atoms with Crippen molar-refractivity contribution in [3.63, 3.8) is 0 Å². The molecule has 2 aliphatic heterocycles. The summed E-state index contributed by atoms with van der Waals surface area (Å²) in [4.78, 5) is 22.1. The Kier molecular flexibility index (Phi) is 9.25. The molecule has 10 heteroatoms. The number of hydrogen-bond donors (Lipinski definition) is 2. The predicted octanol–water partition coefficient (Wildman–Crippen LogP) is 5.09. The molecular formula is C33H36ClN3O6. The Morgan fingerprint density at radius 1 is 1.09 bits per heavy atom. The third-order valence-electron chi connectivity index (χ3n) is 8.04. The highest BCUT2D eigenvalue weighted by atomic mass is 35.5. The maximum atomic E-state index is 11.9. The maximum Gasteiger partial charge on any atom is 0.335 e. The SMILES string of the molecule is COC(=O)[C@H]1CC(Oc2nc3cc(-c4ccc(-c5ccc(CN6CC(COCCO)C6)cc5)cc4)c(Cl)cc3[nH]2)CCO1. The van der Waals surface area contributed by atoms with Crippen molar-refractivity contribution in [2.75, 3.05) is 46.6 Å². The van der Waals surface area contributed by atoms with E-state index < -0.39 is 12.1 Å². The van der Waals surface area contributed by atoms with Crippen LogP contribution in [0.3, 0.4) is 0 Å². The fourth-order valence-electron chi connectivity index (χ4n) is 5.74. The van der Waals surface area contributed by atoms with Gasteiger partial charge in [-0.3, -0.25) is 4.90 Å². The first-order valence-corrected chi connectivity index (χ1v) is 15.0. The highest BCUT2D eigenvalue weighted by Crippen LogP contribution is 2.34. The number of aliphatic hydroxyl groups is 1. The first-order valence-electron chi connectivity index (χ1n) is 14.6. The van der Waals surface area contributed by atoms with Crippen molar-refractivity contribution in [2.45, 2.75) is 31.6 Å². The van der Waals surface area contributed by atoms with Gasteiger partial charge in [0.1, 0.15) is 6.10 Å². The van der Waals surface area contributed by atoms with Crippen molar-refractivity contribution in [1.29, 1.82) is 0 Å². The number of fused-ring (bicyclic) bond motifs is 1. The first-order chi connectivity index (χ1) is 21.0. The lowest BCUT2D eigenvalue weighted by Gasteiger charge is -2.39. The highest BCUT2D eigenvalue weighted by Gasteiger charge is 2.31. The summed E-state index contributed by atoms with van der Waals surface area (Å²) < 4.78 is 21.8. The molecule has 43 heavy (non-hydrogen) atoms. The Balaban J connectivity index is 1.08. The summed E-state index contributed by atoms with van der Waals surface area (Å²) >= 11 is 6.70. The fraction of sp³-hybridized carbons (Fsp3) is 0.394. The molecule has 3 aromatic carbocycles. The molecule has 2 N–H and O–H groups in total. The van der Waals surface area contributed by atoms with Crippen LogP contribution in [0.2, 0.25) is 5.02 Å². The van der Waals surface area contributed by atoms with E-state index in [0.29, 0.717) is 43.0 Å². The van der Waals surface area contributed by atoms with Crippen LogP contribution in [0.4, 0.5) is 0 Å². The lowest BCUT2D eigenvalue weighted by atomic mass is 9.98. The first kappa shape index (κ1) is 29.6. The molecule has 6 rings (SSSR count). The number of carbonyl (C=O) groups is 1. The van der Waals surface area contributed by atoms with E-state index in [4.69, 9.17) is 35.7 Å². The standard InChI is InChI=1S/C33H36ClN3O6/c1-40-32(39)31-14-26(10-12-42-31)43-33-35-29-15-27(28(34)16-30(29)36-33)25-8-6-24(7-9-25)23-4-2-21(3-5-23)17-37-18-22(19-37)20-41-13-11-38/h2-9,15-16,22,26,31,38H,10-14,17-20H2,1H3,(H,35,36)/t26?,31-/m1/s1. The van der Waals surface area contributed by atoms with E-state index in [1.807, 2.05) is 12.1 Å². The lowest BCUT2D eigenvalue weighted by molar-refractivity contribution is -0.160. The molecule has 226 valence electrons. The maximum absolute atomic E-state index is 11.9. The number of imidazole rings is 1. The van der Waals surface area contributed by atoms with Crippen LogP contribution in [0.25, 0.3) is 33.3 Å². The number of nitrogens with one attached hydrogen (secondary N) is 1. The number of aromatic amines is 1. The van der Waals surface area contributed by atoms with E-state index in [2.05, 4.69) is 63.4 Å². The van der Waals surface area contributed by atoms with Gasteiger partial charge < -0.3 is 29.0 Å². The van der Waals surface area contributed by atoms with Crippen LogP contribution < -0.4 is 4.74 Å². The Hall–Kier alpha value is -3.47. The van der Waals surface area contributed by atoms with E-state index in [9.17, 15) is 4.79 Å². The minimum atomic E-state index is -0.627. The summed E-state index contributed by atoms with van der Waals surface area (Å²) in [5.74, 6) is 0.164. The number of benzene rings is 3. The van der Waals surface area contributed by atoms with Gasteiger partial charge in [-0.25, -0.2) is 4.79 Å². The molecule has 2 fully saturated rings. The number of hydrogen-bond acceptors (Lipinski definition) is 8. The number of aromatic nitrogens is 2. The van der Waals surface area contributed by atoms with Crippen molar-refractivity contribution >= 4 is 28.6 Å². The fourth-order valence-corrected chi connectivity index (χ4v) is 6.01. The third kappa shape index (κ3) is 7.03. The summed E-state index contributed by atoms with van der Waals surface area (Å²) in [6, 6.07) is 21.3. The number of esters is 1. The van der Waals surface area contributed by atoms with Crippen molar-refractivity contribution in [1.82, 2.24) is 14.9 Å². The molecule has 2 atom stereocenters. The number of ether oxygens (including phenoxy) is 4. The van der Waals surface area contributed by atoms with E-state index in [-0.39, 0.29) is 12.7 Å². The van der Waals surface area contributed by atoms with Crippen LogP contribution in [0.5, 0.6) is 6.01 Å². The average molecular weight is 606 g/mol. The van der Waals surface area contributed by atoms with Crippen LogP contribution in [-0.2, 0) is 25.5 Å². The Bertz CT molecular complexity index is 1540. The molecule has 0 spiro atoms. The van der Waals surface area contributed by atoms with Crippen LogP contribution in [0, 0.1) is 5.92 Å². The van der Waals surface area contributed by atoms with Gasteiger partial charge in [-0.15, -0.1) is 0 Å². The minimum absolute atomic E-state index is 0.0804. The third-order valence-corrected chi connectivity index (χ3v) is 8.35. The highest BCUT2D eigenvalue weighted by molar-refractivity contribution is 6.34. The van der Waals surface area contributed by atoms with Crippen LogP contribution in [0.1, 0.15) is 18.4 Å². The molecular weight excluding hydrogens is 570 g/mol. The largest absolute Gasteiger partial charge is 0.467 e. The number of nitrogens with zero attached hydrogens (tertiary/aromatic N) is 2. The van der Waals surface area contributed by atoms with E-state index in [1.54, 1.807) is 0 Å². The Labute approximate surface area is 255 Å². The molecule has 0 bridgehead atoms. The van der Waals surface area contributed by atoms with Gasteiger partial charge in [0.05, 0.1) is 49.6 Å². The van der Waals surface area contributed by atoms with E-state index >= 15 is 0 Å². The summed E-state index contributed by atoms with van der Waals surface area (Å²) in [5.41, 5.74) is 7.00. The van der Waals surface area contributed by atoms with Gasteiger partial charge in [-0.1, -0.05) is 60.1 Å². The van der Waals surface area contributed by atoms with E-state index in [1.165, 1.54) is 12.7 Å². The topological polar surface area (TPSA) is 106 Å². The Morgan fingerprint density at radius 3 is 2.53 bits per heavy atom. The molecule has 1 unspecified atom stereocenters. The zero-order valence-corrected chi connectivity index (χ0v) is 24.9. The second kappa shape index (κ2) is 13.4. The smallest absolute Gasteiger partial charge is 0.335 e. The molecule has 2 saturated heterocycles. The van der Waals surface area contributed by atoms with Gasteiger partial charge in [0.15, 0.2) is 6.10 Å². The predicted molar refractivity (Wildman–Crippen MR) is 164 cm³/mol. The molecule has 0 aliphatic carbocycles. The van der Waals surface area contributed by atoms with Gasteiger partial charge in [0.2, 0.25) is 0 Å². The van der Waals surface area contributed by atoms with Crippen LogP contribution in [0.15, 0.2) is 60.7 Å². The normalized spacial score (nSPS) is 19.3. The van der Waals surface area contributed by atoms with Gasteiger partial charge in [0, 0.05) is 44.0 Å². The molecule has 2 aliphatic rings. The van der Waals surface area contributed by atoms with E-state index in [0.717, 1.165) is 59.5 Å². The van der Waals surface area contributed by atoms with Gasteiger partial charge in [-0.05, 0) is 34.4 Å². The summed E-state index contributed by atoms with van der Waals surface area (Å²) in [7, 11) is 1.35. The number of likely N-dealkylation sites (tertiary alicyclic amines) is 1. The van der Waals surface area contributed by atoms with Crippen LogP contribution in [-0.4, -0.2) is 84.8 Å². The summed E-state index contributed by atoms with van der Waals surface area (Å²) in [6.45, 7) is 4.63. The second-order valence-corrected chi connectivity index (χ2v) is 11.6. The zero-order valence-electron chi connectivity index (χ0n) is 24.1.